The Hall–Kier alpha value is -2.05. The Morgan fingerprint density at radius 3 is 2.16 bits per heavy atom. The standard InChI is InChI=1S/C37H52O6/c1-32(2)25-13-16-36(6)26(34(25,4)15-14-27(32)40)17-24(39)30-23-18-33(3,21-38)29(43-31(42)22-11-9-8-10-12-22)20-35(23,5)28(41)19-37(30,36)7/h8-12,21,23,25-30,40-41H,13-20H2,1-7H3/t23-,25-,26+,27?,28?,29?,30-,33-,34-,35-,36+,37+/m0/s1. The second-order valence-electron chi connectivity index (χ2n) is 17.1. The van der Waals surface area contributed by atoms with Gasteiger partial charge in [-0.05, 0) is 103 Å². The first kappa shape index (κ1) is 31.0. The number of hydrogen-bond acceptors (Lipinski definition) is 6. The van der Waals surface area contributed by atoms with Gasteiger partial charge in [0.25, 0.3) is 0 Å². The zero-order valence-corrected chi connectivity index (χ0v) is 27.2. The summed E-state index contributed by atoms with van der Waals surface area (Å²) < 4.78 is 6.05. The molecule has 1 aromatic carbocycles. The van der Waals surface area contributed by atoms with Crippen molar-refractivity contribution in [3.63, 3.8) is 0 Å². The summed E-state index contributed by atoms with van der Waals surface area (Å²) in [5.41, 5.74) is -2.05. The quantitative estimate of drug-likeness (QED) is 0.311. The molecule has 0 radical (unpaired) electrons. The number of esters is 1. The first-order valence-electron chi connectivity index (χ1n) is 16.6. The van der Waals surface area contributed by atoms with E-state index in [1.807, 2.05) is 13.0 Å². The summed E-state index contributed by atoms with van der Waals surface area (Å²) in [6.45, 7) is 15.4. The topological polar surface area (TPSA) is 101 Å². The highest BCUT2D eigenvalue weighted by molar-refractivity contribution is 5.89. The fourth-order valence-corrected chi connectivity index (χ4v) is 12.0. The highest BCUT2D eigenvalue weighted by atomic mass is 16.5. The molecule has 5 aliphatic carbocycles. The first-order chi connectivity index (χ1) is 20.0. The van der Waals surface area contributed by atoms with Gasteiger partial charge in [0.1, 0.15) is 18.2 Å². The number of aldehydes is 1. The van der Waals surface area contributed by atoms with Crippen LogP contribution < -0.4 is 0 Å². The SMILES string of the molecule is CC1(C)C(O)CC[C@]2(C)[C@H]3CC(=O)[C@@H]4[C@@H]5C[C@@](C)(C=O)C(OC(=O)c6ccccc6)C[C@]5(C)C(O)C[C@@]4(C)[C@]3(C)CC[C@@H]12. The van der Waals surface area contributed by atoms with E-state index in [0.29, 0.717) is 37.2 Å². The monoisotopic (exact) mass is 592 g/mol. The lowest BCUT2D eigenvalue weighted by atomic mass is 9.31. The molecule has 0 amide bonds. The van der Waals surface area contributed by atoms with Crippen molar-refractivity contribution in [3.05, 3.63) is 35.9 Å². The highest BCUT2D eigenvalue weighted by Gasteiger charge is 2.74. The number of aliphatic hydroxyl groups excluding tert-OH is 2. The number of hydrogen-bond donors (Lipinski definition) is 2. The molecule has 0 spiro atoms. The van der Waals surface area contributed by atoms with E-state index in [9.17, 15) is 24.6 Å². The lowest BCUT2D eigenvalue weighted by molar-refractivity contribution is -0.265. The van der Waals surface area contributed by atoms with Crippen LogP contribution in [0.5, 0.6) is 0 Å². The second-order valence-corrected chi connectivity index (χ2v) is 17.1. The van der Waals surface area contributed by atoms with E-state index >= 15 is 0 Å². The number of rotatable bonds is 3. The third-order valence-electron chi connectivity index (χ3n) is 14.9. The van der Waals surface area contributed by atoms with Gasteiger partial charge in [0.05, 0.1) is 23.2 Å². The van der Waals surface area contributed by atoms with Crippen molar-refractivity contribution >= 4 is 18.0 Å². The van der Waals surface area contributed by atoms with Crippen molar-refractivity contribution in [2.45, 2.75) is 118 Å². The molecular weight excluding hydrogens is 540 g/mol. The minimum atomic E-state index is -0.961. The van der Waals surface area contributed by atoms with Crippen molar-refractivity contribution in [3.8, 4) is 0 Å². The van der Waals surface area contributed by atoms with Gasteiger partial charge in [-0.15, -0.1) is 0 Å². The van der Waals surface area contributed by atoms with E-state index in [0.717, 1.165) is 32.0 Å². The molecule has 6 heteroatoms. The third kappa shape index (κ3) is 4.07. The van der Waals surface area contributed by atoms with Crippen LogP contribution in [0.1, 0.15) is 110 Å². The molecule has 5 aliphatic rings. The van der Waals surface area contributed by atoms with E-state index < -0.39 is 34.4 Å². The number of ketones is 1. The van der Waals surface area contributed by atoms with Crippen LogP contribution in [-0.4, -0.2) is 46.6 Å². The number of carbonyl (C=O) groups is 3. The maximum Gasteiger partial charge on any atom is 0.338 e. The lowest BCUT2D eigenvalue weighted by Crippen LogP contribution is -2.71. The summed E-state index contributed by atoms with van der Waals surface area (Å²) >= 11 is 0. The molecule has 0 bridgehead atoms. The van der Waals surface area contributed by atoms with Gasteiger partial charge in [0.15, 0.2) is 0 Å². The van der Waals surface area contributed by atoms with Gasteiger partial charge >= 0.3 is 5.97 Å². The van der Waals surface area contributed by atoms with Crippen LogP contribution in [0.15, 0.2) is 30.3 Å². The fourth-order valence-electron chi connectivity index (χ4n) is 12.0. The van der Waals surface area contributed by atoms with Crippen LogP contribution in [-0.2, 0) is 14.3 Å². The molecule has 236 valence electrons. The molecule has 0 heterocycles. The number of ether oxygens (including phenoxy) is 1. The molecule has 6 nitrogen and oxygen atoms in total. The van der Waals surface area contributed by atoms with E-state index in [-0.39, 0.29) is 45.9 Å². The van der Waals surface area contributed by atoms with Gasteiger partial charge in [-0.3, -0.25) is 4.79 Å². The number of Topliss-reactive ketones (excluding diaryl/α,β-unsaturated/α-hetero) is 1. The van der Waals surface area contributed by atoms with Crippen LogP contribution in [0.25, 0.3) is 0 Å². The fraction of sp³-hybridized carbons (Fsp3) is 0.757. The van der Waals surface area contributed by atoms with E-state index in [4.69, 9.17) is 4.74 Å². The molecule has 0 aliphatic heterocycles. The van der Waals surface area contributed by atoms with Crippen molar-refractivity contribution in [2.75, 3.05) is 0 Å². The predicted octanol–water partition coefficient (Wildman–Crippen LogP) is 6.41. The maximum atomic E-state index is 14.6. The Morgan fingerprint density at radius 2 is 1.51 bits per heavy atom. The maximum absolute atomic E-state index is 14.6. The van der Waals surface area contributed by atoms with Crippen LogP contribution in [0.3, 0.4) is 0 Å². The van der Waals surface area contributed by atoms with Gasteiger partial charge in [-0.1, -0.05) is 59.7 Å². The smallest absolute Gasteiger partial charge is 0.338 e. The Morgan fingerprint density at radius 1 is 0.837 bits per heavy atom. The van der Waals surface area contributed by atoms with E-state index in [1.165, 1.54) is 0 Å². The number of carbonyl (C=O) groups excluding carboxylic acids is 3. The van der Waals surface area contributed by atoms with Crippen LogP contribution in [0.2, 0.25) is 0 Å². The summed E-state index contributed by atoms with van der Waals surface area (Å²) in [4.78, 5) is 40.6. The molecule has 6 rings (SSSR count). The van der Waals surface area contributed by atoms with Crippen molar-refractivity contribution in [1.29, 1.82) is 0 Å². The molecule has 5 fully saturated rings. The van der Waals surface area contributed by atoms with Gasteiger partial charge in [-0.2, -0.15) is 0 Å². The number of benzene rings is 1. The van der Waals surface area contributed by atoms with Crippen LogP contribution >= 0.6 is 0 Å². The molecule has 0 aromatic heterocycles. The van der Waals surface area contributed by atoms with Gasteiger partial charge in [0, 0.05) is 17.8 Å². The Labute approximate surface area is 257 Å². The van der Waals surface area contributed by atoms with Crippen molar-refractivity contribution in [2.24, 2.45) is 56.2 Å². The van der Waals surface area contributed by atoms with Crippen LogP contribution in [0, 0.1) is 56.2 Å². The summed E-state index contributed by atoms with van der Waals surface area (Å²) in [6, 6.07) is 8.82. The molecule has 0 saturated heterocycles. The van der Waals surface area contributed by atoms with Crippen LogP contribution in [0.4, 0.5) is 0 Å². The summed E-state index contributed by atoms with van der Waals surface area (Å²) in [7, 11) is 0. The third-order valence-corrected chi connectivity index (χ3v) is 14.9. The molecular formula is C37H52O6. The van der Waals surface area contributed by atoms with Crippen molar-refractivity contribution in [1.82, 2.24) is 0 Å². The van der Waals surface area contributed by atoms with E-state index in [2.05, 4.69) is 41.5 Å². The first-order valence-corrected chi connectivity index (χ1v) is 16.6. The average molecular weight is 593 g/mol. The average Bonchev–Trinajstić information content (AvgIpc) is 2.95. The summed E-state index contributed by atoms with van der Waals surface area (Å²) in [6.07, 6.45) is 4.64. The number of aliphatic hydroxyl groups is 2. The molecule has 5 saturated carbocycles. The Bertz CT molecular complexity index is 1310. The lowest BCUT2D eigenvalue weighted by Gasteiger charge is -2.73. The predicted molar refractivity (Wildman–Crippen MR) is 164 cm³/mol. The molecule has 2 N–H and O–H groups in total. The largest absolute Gasteiger partial charge is 0.458 e. The Balaban J connectivity index is 1.36. The normalized spacial score (nSPS) is 50.3. The zero-order chi connectivity index (χ0) is 31.4. The minimum absolute atomic E-state index is 0.0638. The minimum Gasteiger partial charge on any atom is -0.458 e. The van der Waals surface area contributed by atoms with Crippen molar-refractivity contribution < 1.29 is 29.3 Å². The molecule has 12 atom stereocenters. The summed E-state index contributed by atoms with van der Waals surface area (Å²) in [5.74, 6) is -0.145. The van der Waals surface area contributed by atoms with Gasteiger partial charge < -0.3 is 19.7 Å². The zero-order valence-electron chi connectivity index (χ0n) is 27.2. The summed E-state index contributed by atoms with van der Waals surface area (Å²) in [5, 5.41) is 23.1. The molecule has 43 heavy (non-hydrogen) atoms. The van der Waals surface area contributed by atoms with Gasteiger partial charge in [0.2, 0.25) is 0 Å². The second kappa shape index (κ2) is 9.72. The molecule has 1 aromatic rings. The number of fused-ring (bicyclic) bond motifs is 7. The van der Waals surface area contributed by atoms with E-state index in [1.54, 1.807) is 24.3 Å². The molecule has 3 unspecified atom stereocenters. The Kier molecular flexibility index (Phi) is 7.00. The highest BCUT2D eigenvalue weighted by Crippen LogP contribution is 2.76. The van der Waals surface area contributed by atoms with Gasteiger partial charge in [-0.25, -0.2) is 4.79 Å².